The number of rotatable bonds is 7. The molecule has 7 heteroatoms. The van der Waals surface area contributed by atoms with Crippen molar-refractivity contribution in [1.29, 1.82) is 0 Å². The SMILES string of the molecule is CC(C)c1ccc(NC(=O)[C@@H](C)OC(=O)CNC(=O)c2ccc(Cl)cc2)cc1. The minimum absolute atomic E-state index is 0.345. The van der Waals surface area contributed by atoms with Crippen molar-refractivity contribution in [2.75, 3.05) is 11.9 Å². The van der Waals surface area contributed by atoms with Gasteiger partial charge >= 0.3 is 5.97 Å². The molecule has 0 fully saturated rings. The second-order valence-electron chi connectivity index (χ2n) is 6.59. The molecule has 6 nitrogen and oxygen atoms in total. The maximum absolute atomic E-state index is 12.2. The molecule has 0 radical (unpaired) electrons. The van der Waals surface area contributed by atoms with Crippen LogP contribution in [0.25, 0.3) is 0 Å². The maximum Gasteiger partial charge on any atom is 0.326 e. The summed E-state index contributed by atoms with van der Waals surface area (Å²) < 4.78 is 5.06. The number of nitrogens with one attached hydrogen (secondary N) is 2. The molecule has 0 spiro atoms. The van der Waals surface area contributed by atoms with E-state index >= 15 is 0 Å². The minimum atomic E-state index is -0.996. The molecule has 148 valence electrons. The van der Waals surface area contributed by atoms with Crippen LogP contribution in [0.15, 0.2) is 48.5 Å². The Morgan fingerprint density at radius 3 is 2.14 bits per heavy atom. The Kier molecular flexibility index (Phi) is 7.58. The van der Waals surface area contributed by atoms with Crippen LogP contribution in [0.4, 0.5) is 5.69 Å². The zero-order chi connectivity index (χ0) is 20.7. The molecule has 2 aromatic rings. The van der Waals surface area contributed by atoms with E-state index in [1.807, 2.05) is 12.1 Å². The molecule has 28 heavy (non-hydrogen) atoms. The topological polar surface area (TPSA) is 84.5 Å². The predicted molar refractivity (Wildman–Crippen MR) is 108 cm³/mol. The van der Waals surface area contributed by atoms with E-state index in [1.165, 1.54) is 6.92 Å². The molecule has 2 rings (SSSR count). The third-order valence-corrected chi connectivity index (χ3v) is 4.27. The van der Waals surface area contributed by atoms with E-state index in [0.717, 1.165) is 5.56 Å². The zero-order valence-electron chi connectivity index (χ0n) is 16.0. The summed E-state index contributed by atoms with van der Waals surface area (Å²) in [6.45, 7) is 5.29. The van der Waals surface area contributed by atoms with Crippen LogP contribution in [-0.2, 0) is 14.3 Å². The standard InChI is InChI=1S/C21H23ClN2O4/c1-13(2)15-6-10-18(11-7-15)24-20(26)14(3)28-19(25)12-23-21(27)16-4-8-17(22)9-5-16/h4-11,13-14H,12H2,1-3H3,(H,23,27)(H,24,26)/t14-/m1/s1. The number of amides is 2. The van der Waals surface area contributed by atoms with Crippen molar-refractivity contribution in [1.82, 2.24) is 5.32 Å². The molecule has 1 atom stereocenters. The Labute approximate surface area is 169 Å². The fourth-order valence-electron chi connectivity index (χ4n) is 2.34. The lowest BCUT2D eigenvalue weighted by molar-refractivity contribution is -0.152. The van der Waals surface area contributed by atoms with E-state index in [2.05, 4.69) is 24.5 Å². The van der Waals surface area contributed by atoms with E-state index in [9.17, 15) is 14.4 Å². The Hall–Kier alpha value is -2.86. The van der Waals surface area contributed by atoms with E-state index in [1.54, 1.807) is 36.4 Å². The summed E-state index contributed by atoms with van der Waals surface area (Å²) in [5.41, 5.74) is 2.15. The molecule has 2 aromatic carbocycles. The summed E-state index contributed by atoms with van der Waals surface area (Å²) in [7, 11) is 0. The number of carbonyl (C=O) groups excluding carboxylic acids is 3. The van der Waals surface area contributed by atoms with E-state index < -0.39 is 23.9 Å². The molecule has 0 saturated carbocycles. The van der Waals surface area contributed by atoms with Crippen LogP contribution in [0.3, 0.4) is 0 Å². The van der Waals surface area contributed by atoms with Gasteiger partial charge in [-0.05, 0) is 54.8 Å². The molecule has 0 aliphatic carbocycles. The van der Waals surface area contributed by atoms with E-state index in [0.29, 0.717) is 22.2 Å². The first-order valence-corrected chi connectivity index (χ1v) is 9.28. The molecular weight excluding hydrogens is 380 g/mol. The average Bonchev–Trinajstić information content (AvgIpc) is 2.67. The first-order chi connectivity index (χ1) is 13.3. The quantitative estimate of drug-likeness (QED) is 0.690. The molecule has 0 aliphatic heterocycles. The van der Waals surface area contributed by atoms with Gasteiger partial charge in [0.15, 0.2) is 6.10 Å². The number of hydrogen-bond acceptors (Lipinski definition) is 4. The summed E-state index contributed by atoms with van der Waals surface area (Å²) in [6, 6.07) is 13.7. The average molecular weight is 403 g/mol. The number of benzene rings is 2. The van der Waals surface area contributed by atoms with Gasteiger partial charge in [0.05, 0.1) is 0 Å². The number of halogens is 1. The second kappa shape index (κ2) is 9.90. The molecule has 2 N–H and O–H groups in total. The lowest BCUT2D eigenvalue weighted by atomic mass is 10.0. The lowest BCUT2D eigenvalue weighted by Crippen LogP contribution is -2.35. The Bertz CT molecular complexity index is 832. The number of anilines is 1. The highest BCUT2D eigenvalue weighted by molar-refractivity contribution is 6.30. The van der Waals surface area contributed by atoms with Gasteiger partial charge in [-0.2, -0.15) is 0 Å². The third-order valence-electron chi connectivity index (χ3n) is 4.02. The van der Waals surface area contributed by atoms with Crippen molar-refractivity contribution in [3.63, 3.8) is 0 Å². The fourth-order valence-corrected chi connectivity index (χ4v) is 2.47. The monoisotopic (exact) mass is 402 g/mol. The molecular formula is C21H23ClN2O4. The maximum atomic E-state index is 12.2. The number of carbonyl (C=O) groups is 3. The lowest BCUT2D eigenvalue weighted by Gasteiger charge is -2.14. The summed E-state index contributed by atoms with van der Waals surface area (Å²) in [6.07, 6.45) is -0.996. The highest BCUT2D eigenvalue weighted by atomic mass is 35.5. The number of ether oxygens (including phenoxy) is 1. The predicted octanol–water partition coefficient (Wildman–Crippen LogP) is 3.76. The van der Waals surface area contributed by atoms with Crippen LogP contribution >= 0.6 is 11.6 Å². The van der Waals surface area contributed by atoms with Crippen LogP contribution in [0.5, 0.6) is 0 Å². The highest BCUT2D eigenvalue weighted by Gasteiger charge is 2.18. The molecule has 0 heterocycles. The number of hydrogen-bond donors (Lipinski definition) is 2. The zero-order valence-corrected chi connectivity index (χ0v) is 16.7. The Balaban J connectivity index is 1.79. The van der Waals surface area contributed by atoms with Gasteiger partial charge in [0.25, 0.3) is 11.8 Å². The summed E-state index contributed by atoms with van der Waals surface area (Å²) in [5.74, 6) is -1.20. The third kappa shape index (κ3) is 6.39. The van der Waals surface area contributed by atoms with Crippen LogP contribution in [0, 0.1) is 0 Å². The van der Waals surface area contributed by atoms with Gasteiger partial charge < -0.3 is 15.4 Å². The molecule has 2 amide bonds. The molecule has 0 aromatic heterocycles. The van der Waals surface area contributed by atoms with Gasteiger partial charge in [-0.1, -0.05) is 37.6 Å². The minimum Gasteiger partial charge on any atom is -0.451 e. The van der Waals surface area contributed by atoms with Crippen LogP contribution in [0.2, 0.25) is 5.02 Å². The highest BCUT2D eigenvalue weighted by Crippen LogP contribution is 2.17. The Morgan fingerprint density at radius 1 is 0.964 bits per heavy atom. The van der Waals surface area contributed by atoms with Crippen molar-refractivity contribution < 1.29 is 19.1 Å². The second-order valence-corrected chi connectivity index (χ2v) is 7.02. The van der Waals surface area contributed by atoms with Crippen molar-refractivity contribution in [3.05, 3.63) is 64.7 Å². The first-order valence-electron chi connectivity index (χ1n) is 8.90. The van der Waals surface area contributed by atoms with Crippen LogP contribution in [0.1, 0.15) is 42.6 Å². The largest absolute Gasteiger partial charge is 0.451 e. The van der Waals surface area contributed by atoms with Gasteiger partial charge in [-0.3, -0.25) is 14.4 Å². The van der Waals surface area contributed by atoms with Gasteiger partial charge in [-0.15, -0.1) is 0 Å². The Morgan fingerprint density at radius 2 is 1.57 bits per heavy atom. The van der Waals surface area contributed by atoms with E-state index in [-0.39, 0.29) is 6.54 Å². The fraction of sp³-hybridized carbons (Fsp3) is 0.286. The molecule has 0 saturated heterocycles. The summed E-state index contributed by atoms with van der Waals surface area (Å²) >= 11 is 5.77. The number of esters is 1. The first kappa shape index (κ1) is 21.4. The van der Waals surface area contributed by atoms with Crippen molar-refractivity contribution in [2.45, 2.75) is 32.8 Å². The normalized spacial score (nSPS) is 11.6. The van der Waals surface area contributed by atoms with Gasteiger partial charge in [0, 0.05) is 16.3 Å². The molecule has 0 aliphatic rings. The summed E-state index contributed by atoms with van der Waals surface area (Å²) in [5, 5.41) is 5.64. The van der Waals surface area contributed by atoms with Gasteiger partial charge in [0.1, 0.15) is 6.54 Å². The van der Waals surface area contributed by atoms with Gasteiger partial charge in [0.2, 0.25) is 0 Å². The van der Waals surface area contributed by atoms with Crippen LogP contribution < -0.4 is 10.6 Å². The van der Waals surface area contributed by atoms with E-state index in [4.69, 9.17) is 16.3 Å². The summed E-state index contributed by atoms with van der Waals surface area (Å²) in [4.78, 5) is 36.0. The smallest absolute Gasteiger partial charge is 0.326 e. The van der Waals surface area contributed by atoms with Gasteiger partial charge in [-0.25, -0.2) is 0 Å². The van der Waals surface area contributed by atoms with Crippen LogP contribution in [-0.4, -0.2) is 30.4 Å². The van der Waals surface area contributed by atoms with Crippen molar-refractivity contribution in [2.24, 2.45) is 0 Å². The molecule has 0 unspecified atom stereocenters. The van der Waals surface area contributed by atoms with Crippen molar-refractivity contribution in [3.8, 4) is 0 Å². The van der Waals surface area contributed by atoms with Crippen molar-refractivity contribution >= 4 is 35.1 Å². The molecule has 0 bridgehead atoms.